The molecular weight excluding hydrogens is 627 g/mol. The van der Waals surface area contributed by atoms with Crippen molar-refractivity contribution >= 4 is 24.0 Å². The van der Waals surface area contributed by atoms with E-state index in [-0.39, 0.29) is 16.8 Å². The SMILES string of the molecule is CCCN(C)CCCCc1ccc(NC(=O)c2ccc(C)c(C#CC3=CCC=C(N/C(C=N)=C(\C)NCCC#N)N=C3)c2)cc1C(F)(F)F. The predicted octanol–water partition coefficient (Wildman–Crippen LogP) is 7.50. The molecule has 1 amide bonds. The van der Waals surface area contributed by atoms with E-state index in [2.05, 4.69) is 50.7 Å². The second-order valence-corrected chi connectivity index (χ2v) is 11.7. The normalized spacial score (nSPS) is 13.2. The van der Waals surface area contributed by atoms with Gasteiger partial charge in [0, 0.05) is 47.1 Å². The molecule has 0 aromatic heterocycles. The summed E-state index contributed by atoms with van der Waals surface area (Å²) in [5.41, 5.74) is 3.15. The second-order valence-electron chi connectivity index (χ2n) is 11.7. The molecular formula is C38H44F3N7O. The molecule has 0 aliphatic carbocycles. The van der Waals surface area contributed by atoms with E-state index in [9.17, 15) is 18.0 Å². The molecule has 3 rings (SSSR count). The summed E-state index contributed by atoms with van der Waals surface area (Å²) in [7, 11) is 2.01. The Morgan fingerprint density at radius 2 is 1.90 bits per heavy atom. The largest absolute Gasteiger partial charge is 0.416 e. The average molecular weight is 672 g/mol. The minimum absolute atomic E-state index is 0.0721. The second kappa shape index (κ2) is 19.0. The summed E-state index contributed by atoms with van der Waals surface area (Å²) in [6.45, 7) is 8.02. The summed E-state index contributed by atoms with van der Waals surface area (Å²) < 4.78 is 42.0. The zero-order valence-electron chi connectivity index (χ0n) is 28.5. The molecule has 4 N–H and O–H groups in total. The van der Waals surface area contributed by atoms with Crippen LogP contribution >= 0.6 is 0 Å². The maximum Gasteiger partial charge on any atom is 0.416 e. The number of carbonyl (C=O) groups excluding carboxylic acids is 1. The number of allylic oxidation sites excluding steroid dienone is 5. The van der Waals surface area contributed by atoms with Gasteiger partial charge in [-0.3, -0.25) is 4.79 Å². The van der Waals surface area contributed by atoms with E-state index < -0.39 is 17.6 Å². The van der Waals surface area contributed by atoms with Crippen molar-refractivity contribution in [1.29, 1.82) is 10.7 Å². The van der Waals surface area contributed by atoms with Crippen molar-refractivity contribution < 1.29 is 18.0 Å². The lowest BCUT2D eigenvalue weighted by atomic mass is 10.00. The number of aliphatic imine (C=N–C) groups is 1. The molecule has 0 fully saturated rings. The van der Waals surface area contributed by atoms with E-state index in [0.29, 0.717) is 60.6 Å². The maximum atomic E-state index is 14.0. The van der Waals surface area contributed by atoms with E-state index in [4.69, 9.17) is 10.7 Å². The van der Waals surface area contributed by atoms with Gasteiger partial charge in [0.15, 0.2) is 0 Å². The molecule has 1 aliphatic rings. The molecule has 0 radical (unpaired) electrons. The fraction of sp³-hybridized carbons (Fsp3) is 0.368. The van der Waals surface area contributed by atoms with Crippen LogP contribution in [0.3, 0.4) is 0 Å². The van der Waals surface area contributed by atoms with E-state index >= 15 is 0 Å². The quantitative estimate of drug-likeness (QED) is 0.0890. The molecule has 0 spiro atoms. The van der Waals surface area contributed by atoms with Gasteiger partial charge in [0.25, 0.3) is 5.91 Å². The topological polar surface area (TPSA) is 116 Å². The molecule has 0 saturated carbocycles. The summed E-state index contributed by atoms with van der Waals surface area (Å²) in [6, 6.07) is 11.0. The number of nitrogens with zero attached hydrogens (tertiary/aromatic N) is 3. The standard InChI is InChI=1S/C38H44F3N7O/c1-5-21-48(4)22-7-6-11-30-17-18-33(24-34(30)38(39,40)41)46-37(49)32-15-13-27(2)31(23-32)16-14-29-10-8-12-36(45-26-29)47-35(25-43)28(3)44-20-9-19-42/h10,12-13,15,17-18,23-26,43-44,47H,5-9,11,20-22H2,1-4H3,(H,46,49)/b35-28+,43-25?. The van der Waals surface area contributed by atoms with Crippen LogP contribution in [0.25, 0.3) is 0 Å². The van der Waals surface area contributed by atoms with Gasteiger partial charge in [-0.15, -0.1) is 0 Å². The van der Waals surface area contributed by atoms with Crippen LogP contribution in [-0.4, -0.2) is 49.9 Å². The number of nitriles is 1. The summed E-state index contributed by atoms with van der Waals surface area (Å²) in [5.74, 6) is 6.18. The van der Waals surface area contributed by atoms with E-state index in [1.54, 1.807) is 24.4 Å². The zero-order valence-corrected chi connectivity index (χ0v) is 28.5. The maximum absolute atomic E-state index is 14.0. The van der Waals surface area contributed by atoms with Gasteiger partial charge in [0.2, 0.25) is 0 Å². The van der Waals surface area contributed by atoms with Crippen LogP contribution in [0.2, 0.25) is 0 Å². The van der Waals surface area contributed by atoms with Crippen molar-refractivity contribution in [2.24, 2.45) is 4.99 Å². The molecule has 49 heavy (non-hydrogen) atoms. The lowest BCUT2D eigenvalue weighted by molar-refractivity contribution is -0.138. The number of nitrogens with one attached hydrogen (secondary N) is 4. The predicted molar refractivity (Wildman–Crippen MR) is 190 cm³/mol. The van der Waals surface area contributed by atoms with Gasteiger partial charge < -0.3 is 26.3 Å². The first-order chi connectivity index (χ1) is 23.4. The molecule has 0 unspecified atom stereocenters. The van der Waals surface area contributed by atoms with Crippen molar-refractivity contribution in [3.63, 3.8) is 0 Å². The number of amides is 1. The average Bonchev–Trinajstić information content (AvgIpc) is 3.30. The Balaban J connectivity index is 1.69. The van der Waals surface area contributed by atoms with E-state index in [1.807, 2.05) is 33.0 Å². The number of aryl methyl sites for hydroxylation is 2. The van der Waals surface area contributed by atoms with Crippen molar-refractivity contribution in [3.8, 4) is 17.9 Å². The third kappa shape index (κ3) is 12.4. The number of benzene rings is 2. The van der Waals surface area contributed by atoms with Crippen LogP contribution in [-0.2, 0) is 12.6 Å². The molecule has 11 heteroatoms. The van der Waals surface area contributed by atoms with E-state index in [1.165, 1.54) is 18.3 Å². The van der Waals surface area contributed by atoms with Gasteiger partial charge >= 0.3 is 6.18 Å². The number of hydrogen-bond acceptors (Lipinski definition) is 7. The Bertz CT molecular complexity index is 1720. The van der Waals surface area contributed by atoms with Crippen molar-refractivity contribution in [2.45, 2.75) is 65.5 Å². The third-order valence-corrected chi connectivity index (χ3v) is 7.79. The molecule has 8 nitrogen and oxygen atoms in total. The number of anilines is 1. The zero-order chi connectivity index (χ0) is 35.8. The Labute approximate surface area is 287 Å². The highest BCUT2D eigenvalue weighted by Gasteiger charge is 2.33. The highest BCUT2D eigenvalue weighted by molar-refractivity contribution is 6.04. The van der Waals surface area contributed by atoms with Crippen LogP contribution in [0.4, 0.5) is 18.9 Å². The molecule has 2 aromatic rings. The van der Waals surface area contributed by atoms with Crippen molar-refractivity contribution in [1.82, 2.24) is 15.5 Å². The smallest absolute Gasteiger partial charge is 0.386 e. The molecule has 0 saturated heterocycles. The molecule has 0 bridgehead atoms. The van der Waals surface area contributed by atoms with Crippen LogP contribution in [0.15, 0.2) is 76.3 Å². The Morgan fingerprint density at radius 3 is 2.61 bits per heavy atom. The lowest BCUT2D eigenvalue weighted by Crippen LogP contribution is -2.22. The van der Waals surface area contributed by atoms with Crippen LogP contribution in [0.1, 0.15) is 78.6 Å². The first-order valence-corrected chi connectivity index (χ1v) is 16.3. The monoisotopic (exact) mass is 671 g/mol. The number of rotatable bonds is 15. The van der Waals surface area contributed by atoms with Crippen molar-refractivity contribution in [3.05, 3.63) is 99.2 Å². The summed E-state index contributed by atoms with van der Waals surface area (Å²) >= 11 is 0. The van der Waals surface area contributed by atoms with Crippen LogP contribution < -0.4 is 16.0 Å². The number of unbranched alkanes of at least 4 members (excludes halogenated alkanes) is 1. The van der Waals surface area contributed by atoms with Crippen molar-refractivity contribution in [2.75, 3.05) is 32.0 Å². The molecule has 0 atom stereocenters. The fourth-order valence-electron chi connectivity index (χ4n) is 5.05. The summed E-state index contributed by atoms with van der Waals surface area (Å²) in [5, 5.41) is 25.3. The Morgan fingerprint density at radius 1 is 1.10 bits per heavy atom. The number of halogens is 3. The molecule has 1 aliphatic heterocycles. The minimum Gasteiger partial charge on any atom is -0.386 e. The lowest BCUT2D eigenvalue weighted by Gasteiger charge is -2.17. The summed E-state index contributed by atoms with van der Waals surface area (Å²) in [4.78, 5) is 19.8. The number of alkyl halides is 3. The van der Waals surface area contributed by atoms with Gasteiger partial charge in [0.05, 0.1) is 23.8 Å². The minimum atomic E-state index is -4.54. The number of hydrogen-bond donors (Lipinski definition) is 4. The number of carbonyl (C=O) groups is 1. The first-order valence-electron chi connectivity index (χ1n) is 16.3. The van der Waals surface area contributed by atoms with Gasteiger partial charge in [-0.1, -0.05) is 37.0 Å². The highest BCUT2D eigenvalue weighted by Crippen LogP contribution is 2.34. The molecule has 1 heterocycles. The van der Waals surface area contributed by atoms with Crippen LogP contribution in [0, 0.1) is 35.5 Å². The molecule has 2 aromatic carbocycles. The van der Waals surface area contributed by atoms with Gasteiger partial charge in [-0.05, 0) is 108 Å². The highest BCUT2D eigenvalue weighted by atomic mass is 19.4. The Kier molecular flexibility index (Phi) is 14.9. The van der Waals surface area contributed by atoms with Gasteiger partial charge in [0.1, 0.15) is 5.82 Å². The Hall–Kier alpha value is -5.13. The van der Waals surface area contributed by atoms with Gasteiger partial charge in [-0.2, -0.15) is 18.4 Å². The summed E-state index contributed by atoms with van der Waals surface area (Å²) in [6.07, 6.45) is 5.66. The third-order valence-electron chi connectivity index (χ3n) is 7.79. The van der Waals surface area contributed by atoms with Crippen LogP contribution in [0.5, 0.6) is 0 Å². The molecule has 258 valence electrons. The van der Waals surface area contributed by atoms with Gasteiger partial charge in [-0.25, -0.2) is 4.99 Å². The first kappa shape index (κ1) is 38.3. The van der Waals surface area contributed by atoms with E-state index in [0.717, 1.165) is 37.6 Å². The fourth-order valence-corrected chi connectivity index (χ4v) is 5.05.